The first kappa shape index (κ1) is 29.8. The largest absolute Gasteiger partial charge is 0.394 e. The maximum absolute atomic E-state index is 13.3. The molecule has 0 aromatic heterocycles. The van der Waals surface area contributed by atoms with Crippen LogP contribution in [0.1, 0.15) is 36.8 Å². The average molecular weight is 539 g/mol. The monoisotopic (exact) mass is 538 g/mol. The van der Waals surface area contributed by atoms with Gasteiger partial charge in [0.05, 0.1) is 13.2 Å². The van der Waals surface area contributed by atoms with Crippen LogP contribution in [0.2, 0.25) is 0 Å². The summed E-state index contributed by atoms with van der Waals surface area (Å²) in [4.78, 5) is 53.3. The number of nitrogens with one attached hydrogen (secondary N) is 3. The van der Waals surface area contributed by atoms with Gasteiger partial charge in [-0.3, -0.25) is 19.2 Å². The Labute approximate surface area is 228 Å². The number of hydrogen-bond donors (Lipinski definition) is 5. The first-order chi connectivity index (χ1) is 18.9. The van der Waals surface area contributed by atoms with Gasteiger partial charge in [0.2, 0.25) is 23.6 Å². The summed E-state index contributed by atoms with van der Waals surface area (Å²) in [5.74, 6) is -2.16. The van der Waals surface area contributed by atoms with Gasteiger partial charge in [0, 0.05) is 25.9 Å². The fourth-order valence-corrected chi connectivity index (χ4v) is 4.49. The van der Waals surface area contributed by atoms with Crippen molar-refractivity contribution in [1.29, 1.82) is 0 Å². The van der Waals surface area contributed by atoms with Crippen LogP contribution < -0.4 is 16.0 Å². The minimum atomic E-state index is -1.26. The SMILES string of the molecule is O=C(CCc1ccccc1)N[C@@H](CO)C(=O)N[C@@H](Cc1ccccc1)C(=O)N[C@@H](CO)C(=O)N1CCCCC1. The molecule has 10 heteroatoms. The van der Waals surface area contributed by atoms with E-state index in [1.165, 1.54) is 0 Å². The van der Waals surface area contributed by atoms with Gasteiger partial charge in [-0.1, -0.05) is 60.7 Å². The summed E-state index contributed by atoms with van der Waals surface area (Å²) in [6.45, 7) is -0.103. The summed E-state index contributed by atoms with van der Waals surface area (Å²) in [5.41, 5.74) is 1.73. The number of hydrogen-bond acceptors (Lipinski definition) is 6. The predicted octanol–water partition coefficient (Wildman–Crippen LogP) is 0.313. The molecule has 0 radical (unpaired) electrons. The molecule has 1 saturated heterocycles. The molecule has 0 spiro atoms. The van der Waals surface area contributed by atoms with E-state index < -0.39 is 49.1 Å². The van der Waals surface area contributed by atoms with Crippen LogP contribution >= 0.6 is 0 Å². The molecular formula is C29H38N4O6. The summed E-state index contributed by atoms with van der Waals surface area (Å²) in [5, 5.41) is 27.4. The van der Waals surface area contributed by atoms with Crippen LogP contribution in [0, 0.1) is 0 Å². The van der Waals surface area contributed by atoms with Crippen molar-refractivity contribution < 1.29 is 29.4 Å². The lowest BCUT2D eigenvalue weighted by Gasteiger charge is -2.31. The van der Waals surface area contributed by atoms with Gasteiger partial charge in [-0.25, -0.2) is 0 Å². The fraction of sp³-hybridized carbons (Fsp3) is 0.448. The molecule has 1 aliphatic heterocycles. The highest BCUT2D eigenvalue weighted by atomic mass is 16.3. The topological polar surface area (TPSA) is 148 Å². The Balaban J connectivity index is 1.65. The number of carbonyl (C=O) groups is 4. The second-order valence-electron chi connectivity index (χ2n) is 9.67. The highest BCUT2D eigenvalue weighted by Crippen LogP contribution is 2.11. The van der Waals surface area contributed by atoms with Gasteiger partial charge < -0.3 is 31.1 Å². The molecular weight excluding hydrogens is 500 g/mol. The first-order valence-corrected chi connectivity index (χ1v) is 13.4. The van der Waals surface area contributed by atoms with E-state index in [0.29, 0.717) is 19.5 Å². The summed E-state index contributed by atoms with van der Waals surface area (Å²) >= 11 is 0. The van der Waals surface area contributed by atoms with E-state index in [-0.39, 0.29) is 18.7 Å². The highest BCUT2D eigenvalue weighted by Gasteiger charge is 2.31. The Morgan fingerprint density at radius 3 is 1.82 bits per heavy atom. The normalized spacial score (nSPS) is 15.5. The summed E-state index contributed by atoms with van der Waals surface area (Å²) in [7, 11) is 0. The Kier molecular flexibility index (Phi) is 11.9. The Hall–Kier alpha value is -3.76. The molecule has 210 valence electrons. The molecule has 4 amide bonds. The van der Waals surface area contributed by atoms with Crippen LogP contribution in [0.4, 0.5) is 0 Å². The molecule has 1 heterocycles. The molecule has 10 nitrogen and oxygen atoms in total. The number of benzene rings is 2. The summed E-state index contributed by atoms with van der Waals surface area (Å²) in [6, 6.07) is 14.9. The van der Waals surface area contributed by atoms with Crippen molar-refractivity contribution in [2.24, 2.45) is 0 Å². The Morgan fingerprint density at radius 2 is 1.23 bits per heavy atom. The van der Waals surface area contributed by atoms with Crippen LogP contribution in [-0.2, 0) is 32.0 Å². The molecule has 39 heavy (non-hydrogen) atoms. The predicted molar refractivity (Wildman–Crippen MR) is 145 cm³/mol. The third-order valence-corrected chi connectivity index (χ3v) is 6.70. The van der Waals surface area contributed by atoms with Crippen LogP contribution in [0.15, 0.2) is 60.7 Å². The number of nitrogens with zero attached hydrogens (tertiary/aromatic N) is 1. The number of aliphatic hydroxyl groups excluding tert-OH is 2. The maximum atomic E-state index is 13.3. The Bertz CT molecular complexity index is 1080. The van der Waals surface area contributed by atoms with Crippen molar-refractivity contribution in [1.82, 2.24) is 20.9 Å². The molecule has 2 aromatic rings. The number of likely N-dealkylation sites (tertiary alicyclic amines) is 1. The van der Waals surface area contributed by atoms with E-state index in [9.17, 15) is 29.4 Å². The molecule has 0 aliphatic carbocycles. The third-order valence-electron chi connectivity index (χ3n) is 6.70. The zero-order chi connectivity index (χ0) is 28.0. The van der Waals surface area contributed by atoms with Gasteiger partial charge >= 0.3 is 0 Å². The fourth-order valence-electron chi connectivity index (χ4n) is 4.49. The van der Waals surface area contributed by atoms with Gasteiger partial charge in [-0.05, 0) is 36.8 Å². The zero-order valence-electron chi connectivity index (χ0n) is 22.1. The lowest BCUT2D eigenvalue weighted by molar-refractivity contribution is -0.139. The number of rotatable bonds is 13. The molecule has 1 aliphatic rings. The van der Waals surface area contributed by atoms with Crippen molar-refractivity contribution >= 4 is 23.6 Å². The molecule has 3 atom stereocenters. The Morgan fingerprint density at radius 1 is 0.692 bits per heavy atom. The number of amides is 4. The third kappa shape index (κ3) is 9.49. The first-order valence-electron chi connectivity index (χ1n) is 13.4. The van der Waals surface area contributed by atoms with E-state index in [4.69, 9.17) is 0 Å². The number of piperidine rings is 1. The lowest BCUT2D eigenvalue weighted by atomic mass is 10.0. The van der Waals surface area contributed by atoms with Gasteiger partial charge in [0.25, 0.3) is 0 Å². The van der Waals surface area contributed by atoms with Crippen LogP contribution in [0.3, 0.4) is 0 Å². The maximum Gasteiger partial charge on any atom is 0.247 e. The van der Waals surface area contributed by atoms with Crippen molar-refractivity contribution in [3.63, 3.8) is 0 Å². The average Bonchev–Trinajstić information content (AvgIpc) is 2.98. The van der Waals surface area contributed by atoms with Gasteiger partial charge in [0.1, 0.15) is 18.1 Å². The zero-order valence-corrected chi connectivity index (χ0v) is 22.1. The quantitative estimate of drug-likeness (QED) is 0.248. The smallest absolute Gasteiger partial charge is 0.247 e. The van der Waals surface area contributed by atoms with E-state index in [1.807, 2.05) is 36.4 Å². The molecule has 1 fully saturated rings. The second-order valence-corrected chi connectivity index (χ2v) is 9.67. The minimum absolute atomic E-state index is 0.106. The molecule has 0 unspecified atom stereocenters. The van der Waals surface area contributed by atoms with Gasteiger partial charge in [-0.2, -0.15) is 0 Å². The van der Waals surface area contributed by atoms with E-state index in [1.54, 1.807) is 29.2 Å². The van der Waals surface area contributed by atoms with Crippen LogP contribution in [0.5, 0.6) is 0 Å². The van der Waals surface area contributed by atoms with Crippen molar-refractivity contribution in [3.8, 4) is 0 Å². The molecule has 2 aromatic carbocycles. The standard InChI is InChI=1S/C29H38N4O6/c34-19-24(30-26(36)15-14-21-10-4-1-5-11-21)28(38)31-23(18-22-12-6-2-7-13-22)27(37)32-25(20-35)29(39)33-16-8-3-9-17-33/h1-2,4-7,10-13,23-25,34-35H,3,8-9,14-20H2,(H,30,36)(H,31,38)(H,32,37)/t23-,24-,25-/m0/s1. The van der Waals surface area contributed by atoms with E-state index >= 15 is 0 Å². The van der Waals surface area contributed by atoms with Crippen LogP contribution in [-0.4, -0.2) is 83.2 Å². The summed E-state index contributed by atoms with van der Waals surface area (Å²) < 4.78 is 0. The number of carbonyl (C=O) groups excluding carboxylic acids is 4. The van der Waals surface area contributed by atoms with Crippen molar-refractivity contribution in [3.05, 3.63) is 71.8 Å². The van der Waals surface area contributed by atoms with E-state index in [2.05, 4.69) is 16.0 Å². The molecule has 5 N–H and O–H groups in total. The minimum Gasteiger partial charge on any atom is -0.394 e. The number of aliphatic hydroxyl groups is 2. The van der Waals surface area contributed by atoms with Crippen molar-refractivity contribution in [2.45, 2.75) is 56.7 Å². The van der Waals surface area contributed by atoms with Gasteiger partial charge in [-0.15, -0.1) is 0 Å². The number of aryl methyl sites for hydroxylation is 1. The molecule has 3 rings (SSSR count). The van der Waals surface area contributed by atoms with Gasteiger partial charge in [0.15, 0.2) is 0 Å². The summed E-state index contributed by atoms with van der Waals surface area (Å²) in [6.07, 6.45) is 3.46. The molecule has 0 saturated carbocycles. The van der Waals surface area contributed by atoms with Crippen LogP contribution in [0.25, 0.3) is 0 Å². The molecule has 0 bridgehead atoms. The van der Waals surface area contributed by atoms with E-state index in [0.717, 1.165) is 30.4 Å². The lowest BCUT2D eigenvalue weighted by Crippen LogP contribution is -2.59. The highest BCUT2D eigenvalue weighted by molar-refractivity contribution is 5.94. The van der Waals surface area contributed by atoms with Crippen molar-refractivity contribution in [2.75, 3.05) is 26.3 Å². The second kappa shape index (κ2) is 15.6.